The molecule has 0 aliphatic carbocycles. The Hall–Kier alpha value is -0.770. The molecule has 0 bridgehead atoms. The van der Waals surface area contributed by atoms with Crippen LogP contribution in [0.1, 0.15) is 32.8 Å². The van der Waals surface area contributed by atoms with Gasteiger partial charge >= 0.3 is 0 Å². The maximum Gasteiger partial charge on any atom is 0.0642 e. The number of anilines is 1. The fraction of sp³-hybridized carbons (Fsp3) is 0.625. The minimum Gasteiger partial charge on any atom is -0.371 e. The molecule has 0 radical (unpaired) electrons. The zero-order chi connectivity index (χ0) is 15.0. The van der Waals surface area contributed by atoms with Crippen LogP contribution in [0.3, 0.4) is 0 Å². The minimum absolute atomic E-state index is 0.536. The number of halogens is 1. The second-order valence-corrected chi connectivity index (χ2v) is 5.36. The van der Waals surface area contributed by atoms with Gasteiger partial charge in [-0.2, -0.15) is 0 Å². The van der Waals surface area contributed by atoms with Crippen molar-refractivity contribution in [2.45, 2.75) is 33.7 Å². The fourth-order valence-electron chi connectivity index (χ4n) is 2.41. The van der Waals surface area contributed by atoms with Crippen LogP contribution < -0.4 is 10.6 Å². The van der Waals surface area contributed by atoms with Crippen LogP contribution in [0.4, 0.5) is 5.69 Å². The summed E-state index contributed by atoms with van der Waals surface area (Å²) in [7, 11) is 0. The predicted molar refractivity (Wildman–Crippen MR) is 89.6 cm³/mol. The van der Waals surface area contributed by atoms with Gasteiger partial charge in [0.2, 0.25) is 0 Å². The molecular formula is C16H28ClN3. The third kappa shape index (κ3) is 4.97. The Balaban J connectivity index is 2.62. The van der Waals surface area contributed by atoms with E-state index >= 15 is 0 Å². The van der Waals surface area contributed by atoms with Crippen molar-refractivity contribution in [1.82, 2.24) is 4.90 Å². The standard InChI is InChI=1S/C16H28ClN3/c1-4-19(5-2)10-7-11-20(6-3)16-9-8-14(13-18)12-15(16)17/h8-9,12H,4-7,10-11,13,18H2,1-3H3. The first kappa shape index (κ1) is 17.3. The Kier molecular flexibility index (Phi) is 7.97. The van der Waals surface area contributed by atoms with Crippen molar-refractivity contribution < 1.29 is 0 Å². The summed E-state index contributed by atoms with van der Waals surface area (Å²) in [5.41, 5.74) is 7.84. The molecule has 2 N–H and O–H groups in total. The highest BCUT2D eigenvalue weighted by Gasteiger charge is 2.09. The van der Waals surface area contributed by atoms with E-state index in [1.54, 1.807) is 0 Å². The first-order valence-corrected chi connectivity index (χ1v) is 7.99. The van der Waals surface area contributed by atoms with Crippen LogP contribution in [0.25, 0.3) is 0 Å². The molecule has 1 aromatic carbocycles. The van der Waals surface area contributed by atoms with Gasteiger partial charge in [0.1, 0.15) is 0 Å². The van der Waals surface area contributed by atoms with Crippen LogP contribution in [-0.4, -0.2) is 37.6 Å². The molecule has 0 aliphatic heterocycles. The molecular weight excluding hydrogens is 270 g/mol. The zero-order valence-electron chi connectivity index (χ0n) is 13.0. The van der Waals surface area contributed by atoms with Gasteiger partial charge in [0.05, 0.1) is 10.7 Å². The normalized spacial score (nSPS) is 11.1. The van der Waals surface area contributed by atoms with Crippen LogP contribution in [-0.2, 0) is 6.54 Å². The molecule has 4 heteroatoms. The summed E-state index contributed by atoms with van der Waals surface area (Å²) in [6, 6.07) is 6.13. The van der Waals surface area contributed by atoms with Crippen molar-refractivity contribution in [1.29, 1.82) is 0 Å². The number of hydrogen-bond donors (Lipinski definition) is 1. The van der Waals surface area contributed by atoms with Gasteiger partial charge in [0.25, 0.3) is 0 Å². The van der Waals surface area contributed by atoms with Gasteiger partial charge in [0.15, 0.2) is 0 Å². The Labute approximate surface area is 128 Å². The van der Waals surface area contributed by atoms with Crippen molar-refractivity contribution >= 4 is 17.3 Å². The van der Waals surface area contributed by atoms with Crippen molar-refractivity contribution in [2.75, 3.05) is 37.6 Å². The molecule has 0 saturated carbocycles. The lowest BCUT2D eigenvalue weighted by Gasteiger charge is -2.26. The maximum atomic E-state index is 6.37. The van der Waals surface area contributed by atoms with E-state index in [4.69, 9.17) is 17.3 Å². The van der Waals surface area contributed by atoms with Crippen LogP contribution >= 0.6 is 11.6 Å². The van der Waals surface area contributed by atoms with E-state index in [1.165, 1.54) is 0 Å². The van der Waals surface area contributed by atoms with Crippen LogP contribution in [0, 0.1) is 0 Å². The van der Waals surface area contributed by atoms with E-state index in [1.807, 2.05) is 6.07 Å². The molecule has 114 valence electrons. The molecule has 0 spiro atoms. The molecule has 0 aliphatic rings. The highest BCUT2D eigenvalue weighted by Crippen LogP contribution is 2.27. The molecule has 3 nitrogen and oxygen atoms in total. The summed E-state index contributed by atoms with van der Waals surface area (Å²) >= 11 is 6.37. The molecule has 0 aromatic heterocycles. The quantitative estimate of drug-likeness (QED) is 0.758. The Morgan fingerprint density at radius 2 is 1.75 bits per heavy atom. The highest BCUT2D eigenvalue weighted by molar-refractivity contribution is 6.33. The summed E-state index contributed by atoms with van der Waals surface area (Å²) in [5, 5.41) is 0.803. The summed E-state index contributed by atoms with van der Waals surface area (Å²) in [6.07, 6.45) is 1.16. The topological polar surface area (TPSA) is 32.5 Å². The predicted octanol–water partition coefficient (Wildman–Crippen LogP) is 3.36. The van der Waals surface area contributed by atoms with Gasteiger partial charge in [-0.1, -0.05) is 31.5 Å². The van der Waals surface area contributed by atoms with Gasteiger partial charge in [-0.3, -0.25) is 0 Å². The van der Waals surface area contributed by atoms with Crippen LogP contribution in [0.2, 0.25) is 5.02 Å². The Bertz CT molecular complexity index is 391. The molecule has 20 heavy (non-hydrogen) atoms. The lowest BCUT2D eigenvalue weighted by atomic mass is 10.2. The van der Waals surface area contributed by atoms with Crippen molar-refractivity contribution in [3.63, 3.8) is 0 Å². The molecule has 0 fully saturated rings. The smallest absolute Gasteiger partial charge is 0.0642 e. The molecule has 0 atom stereocenters. The van der Waals surface area contributed by atoms with Gasteiger partial charge in [-0.25, -0.2) is 0 Å². The van der Waals surface area contributed by atoms with Crippen molar-refractivity contribution in [3.05, 3.63) is 28.8 Å². The van der Waals surface area contributed by atoms with E-state index in [0.717, 1.165) is 55.4 Å². The van der Waals surface area contributed by atoms with Gasteiger partial charge in [0, 0.05) is 19.6 Å². The number of nitrogens with two attached hydrogens (primary N) is 1. The average Bonchev–Trinajstić information content (AvgIpc) is 2.48. The van der Waals surface area contributed by atoms with Crippen molar-refractivity contribution in [3.8, 4) is 0 Å². The minimum atomic E-state index is 0.536. The molecule has 0 saturated heterocycles. The van der Waals surface area contributed by atoms with Gasteiger partial charge in [-0.15, -0.1) is 0 Å². The molecule has 1 rings (SSSR count). The molecule has 0 heterocycles. The second-order valence-electron chi connectivity index (χ2n) is 4.95. The van der Waals surface area contributed by atoms with Gasteiger partial charge in [-0.05, 0) is 50.7 Å². The summed E-state index contributed by atoms with van der Waals surface area (Å²) in [6.45, 7) is 12.5. The molecule has 0 amide bonds. The third-order valence-corrected chi connectivity index (χ3v) is 4.07. The van der Waals surface area contributed by atoms with Gasteiger partial charge < -0.3 is 15.5 Å². The SMILES string of the molecule is CCN(CC)CCCN(CC)c1ccc(CN)cc1Cl. The largest absolute Gasteiger partial charge is 0.371 e. The third-order valence-electron chi connectivity index (χ3n) is 3.77. The van der Waals surface area contributed by atoms with E-state index < -0.39 is 0 Å². The Morgan fingerprint density at radius 1 is 1.05 bits per heavy atom. The number of benzene rings is 1. The number of nitrogens with zero attached hydrogens (tertiary/aromatic N) is 2. The second kappa shape index (κ2) is 9.22. The fourth-order valence-corrected chi connectivity index (χ4v) is 2.73. The molecule has 1 aromatic rings. The average molecular weight is 298 g/mol. The highest BCUT2D eigenvalue weighted by atomic mass is 35.5. The molecule has 0 unspecified atom stereocenters. The summed E-state index contributed by atoms with van der Waals surface area (Å²) in [5.74, 6) is 0. The lowest BCUT2D eigenvalue weighted by molar-refractivity contribution is 0.301. The van der Waals surface area contributed by atoms with E-state index in [-0.39, 0.29) is 0 Å². The number of rotatable bonds is 9. The van der Waals surface area contributed by atoms with Crippen LogP contribution in [0.5, 0.6) is 0 Å². The van der Waals surface area contributed by atoms with E-state index in [2.05, 4.69) is 42.7 Å². The van der Waals surface area contributed by atoms with E-state index in [9.17, 15) is 0 Å². The van der Waals surface area contributed by atoms with Crippen LogP contribution in [0.15, 0.2) is 18.2 Å². The zero-order valence-corrected chi connectivity index (χ0v) is 13.8. The summed E-state index contributed by atoms with van der Waals surface area (Å²) < 4.78 is 0. The first-order valence-electron chi connectivity index (χ1n) is 7.61. The van der Waals surface area contributed by atoms with E-state index in [0.29, 0.717) is 6.54 Å². The number of hydrogen-bond acceptors (Lipinski definition) is 3. The first-order chi connectivity index (χ1) is 9.65. The lowest BCUT2D eigenvalue weighted by Crippen LogP contribution is -2.30. The monoisotopic (exact) mass is 297 g/mol. The summed E-state index contributed by atoms with van der Waals surface area (Å²) in [4.78, 5) is 4.79. The Morgan fingerprint density at radius 3 is 2.25 bits per heavy atom. The van der Waals surface area contributed by atoms with Crippen molar-refractivity contribution in [2.24, 2.45) is 5.73 Å². The maximum absolute atomic E-state index is 6.37.